The van der Waals surface area contributed by atoms with Crippen molar-refractivity contribution in [1.82, 2.24) is 0 Å². The van der Waals surface area contributed by atoms with Crippen molar-refractivity contribution in [1.29, 1.82) is 0 Å². The number of methoxy groups -OCH3 is 2. The summed E-state index contributed by atoms with van der Waals surface area (Å²) in [6.45, 7) is 2.14. The van der Waals surface area contributed by atoms with E-state index in [0.717, 1.165) is 33.9 Å². The zero-order chi connectivity index (χ0) is 22.2. The van der Waals surface area contributed by atoms with E-state index in [4.69, 9.17) is 14.5 Å². The highest BCUT2D eigenvalue weighted by atomic mass is 127. The molecule has 0 saturated heterocycles. The fraction of sp³-hybridized carbons (Fsp3) is 0.154. The van der Waals surface area contributed by atoms with E-state index in [1.54, 1.807) is 25.6 Å². The van der Waals surface area contributed by atoms with Crippen LogP contribution in [0.5, 0.6) is 11.5 Å². The third-order valence-electron chi connectivity index (χ3n) is 5.72. The number of fused-ring (bicyclic) bond motifs is 2. The fourth-order valence-corrected chi connectivity index (χ4v) is 5.21. The zero-order valence-corrected chi connectivity index (χ0v) is 21.8. The van der Waals surface area contributed by atoms with Crippen LogP contribution in [0, 0.1) is 0 Å². The van der Waals surface area contributed by atoms with Gasteiger partial charge in [-0.25, -0.2) is 4.99 Å². The first-order valence-corrected chi connectivity index (χ1v) is 11.2. The highest BCUT2D eigenvalue weighted by molar-refractivity contribution is 7.19. The number of hydrogen-bond donors (Lipinski definition) is 1. The highest BCUT2D eigenvalue weighted by Crippen LogP contribution is 2.42. The third-order valence-corrected chi connectivity index (χ3v) is 7.06. The van der Waals surface area contributed by atoms with E-state index < -0.39 is 0 Å². The molecule has 0 aliphatic carbocycles. The average molecular weight is 569 g/mol. The minimum Gasteiger partial charge on any atom is -1.00 e. The summed E-state index contributed by atoms with van der Waals surface area (Å²) in [6, 6.07) is 22.6. The summed E-state index contributed by atoms with van der Waals surface area (Å²) in [7, 11) is 5.41. The van der Waals surface area contributed by atoms with Crippen LogP contribution < -0.4 is 43.3 Å². The van der Waals surface area contributed by atoms with Gasteiger partial charge in [-0.2, -0.15) is 4.57 Å². The number of halogens is 1. The molecular weight excluding hydrogens is 545 g/mol. The minimum absolute atomic E-state index is 0. The number of aliphatic imine (C=N–C) groups is 1. The Morgan fingerprint density at radius 2 is 1.61 bits per heavy atom. The van der Waals surface area contributed by atoms with Crippen LogP contribution in [0.1, 0.15) is 23.1 Å². The number of hydrogen-bond acceptors (Lipinski definition) is 5. The van der Waals surface area contributed by atoms with Crippen LogP contribution in [0.3, 0.4) is 0 Å². The van der Waals surface area contributed by atoms with E-state index >= 15 is 0 Å². The second kappa shape index (κ2) is 9.52. The maximum Gasteiger partial charge on any atom is 0.267 e. The van der Waals surface area contributed by atoms with Gasteiger partial charge in [-0.1, -0.05) is 53.8 Å². The molecule has 1 aliphatic heterocycles. The predicted molar refractivity (Wildman–Crippen MR) is 132 cm³/mol. The molecule has 0 atom stereocenters. The predicted octanol–water partition coefficient (Wildman–Crippen LogP) is 2.51. The Balaban J connectivity index is 0.00000259. The SMILES string of the molecule is COc1cc2c(cc1OC)C(=C(C)c1sc3ccccc3[n+]1C)N=C(c1ccccc1)N2.[I-]. The lowest BCUT2D eigenvalue weighted by molar-refractivity contribution is -0.642. The Kier molecular flexibility index (Phi) is 6.71. The van der Waals surface area contributed by atoms with Crippen LogP contribution >= 0.6 is 11.3 Å². The first-order valence-electron chi connectivity index (χ1n) is 10.4. The van der Waals surface area contributed by atoms with Gasteiger partial charge in [0, 0.05) is 23.3 Å². The molecule has 2 heterocycles. The lowest BCUT2D eigenvalue weighted by Gasteiger charge is -2.23. The fourth-order valence-electron chi connectivity index (χ4n) is 4.06. The molecule has 0 unspecified atom stereocenters. The molecule has 0 saturated carbocycles. The lowest BCUT2D eigenvalue weighted by atomic mass is 10.0. The number of allylic oxidation sites excluding steroid dienone is 1. The van der Waals surface area contributed by atoms with Crippen LogP contribution in [-0.2, 0) is 7.05 Å². The number of para-hydroxylation sites is 1. The zero-order valence-electron chi connectivity index (χ0n) is 18.8. The number of aryl methyl sites for hydroxylation is 1. The van der Waals surface area contributed by atoms with Crippen molar-refractivity contribution in [3.8, 4) is 11.5 Å². The quantitative estimate of drug-likeness (QED) is 0.304. The van der Waals surface area contributed by atoms with Gasteiger partial charge in [0.2, 0.25) is 5.52 Å². The molecule has 0 bridgehead atoms. The Morgan fingerprint density at radius 3 is 2.30 bits per heavy atom. The number of thiazole rings is 1. The molecule has 168 valence electrons. The molecule has 33 heavy (non-hydrogen) atoms. The van der Waals surface area contributed by atoms with E-state index in [-0.39, 0.29) is 24.0 Å². The van der Waals surface area contributed by atoms with E-state index in [9.17, 15) is 0 Å². The van der Waals surface area contributed by atoms with E-state index in [1.165, 1.54) is 15.2 Å². The van der Waals surface area contributed by atoms with Crippen molar-refractivity contribution < 1.29 is 38.0 Å². The van der Waals surface area contributed by atoms with Crippen LogP contribution in [0.25, 0.3) is 21.5 Å². The van der Waals surface area contributed by atoms with Gasteiger partial charge in [-0.15, -0.1) is 0 Å². The van der Waals surface area contributed by atoms with Gasteiger partial charge in [0.15, 0.2) is 11.5 Å². The first-order chi connectivity index (χ1) is 15.6. The molecule has 1 aliphatic rings. The largest absolute Gasteiger partial charge is 1.00 e. The number of ether oxygens (including phenoxy) is 2. The molecule has 1 aromatic heterocycles. The average Bonchev–Trinajstić information content (AvgIpc) is 3.19. The molecule has 1 N–H and O–H groups in total. The van der Waals surface area contributed by atoms with Gasteiger partial charge in [0.05, 0.1) is 31.2 Å². The van der Waals surface area contributed by atoms with E-state index in [0.29, 0.717) is 11.5 Å². The van der Waals surface area contributed by atoms with Gasteiger partial charge < -0.3 is 38.8 Å². The summed E-state index contributed by atoms with van der Waals surface area (Å²) in [5.74, 6) is 2.17. The molecular formula is C26H24IN3O2S. The van der Waals surface area contributed by atoms with Gasteiger partial charge in [-0.05, 0) is 19.1 Å². The summed E-state index contributed by atoms with van der Waals surface area (Å²) in [4.78, 5) is 5.09. The molecule has 5 rings (SSSR count). The summed E-state index contributed by atoms with van der Waals surface area (Å²) >= 11 is 1.77. The van der Waals surface area contributed by atoms with Crippen molar-refractivity contribution in [3.63, 3.8) is 0 Å². The highest BCUT2D eigenvalue weighted by Gasteiger charge is 2.27. The summed E-state index contributed by atoms with van der Waals surface area (Å²) in [5, 5.41) is 4.66. The third kappa shape index (κ3) is 4.11. The molecule has 4 aromatic rings. The standard InChI is InChI=1S/C26H23N3O2S.HI/c1-16(26-29(2)20-12-8-9-13-23(20)32-26)24-18-14-21(30-3)22(31-4)15-19(18)27-25(28-24)17-10-6-5-7-11-17;/h5-15H,1-4H3;1H. The van der Waals surface area contributed by atoms with Gasteiger partial charge in [0.25, 0.3) is 5.01 Å². The smallest absolute Gasteiger partial charge is 0.267 e. The minimum atomic E-state index is 0. The number of nitrogens with zero attached hydrogens (tertiary/aromatic N) is 2. The molecule has 0 fully saturated rings. The first kappa shape index (κ1) is 23.3. The number of nitrogens with one attached hydrogen (secondary N) is 1. The van der Waals surface area contributed by atoms with Crippen molar-refractivity contribution in [2.75, 3.05) is 19.5 Å². The van der Waals surface area contributed by atoms with E-state index in [1.807, 2.05) is 30.3 Å². The molecule has 3 aromatic carbocycles. The van der Waals surface area contributed by atoms with Crippen molar-refractivity contribution >= 4 is 44.3 Å². The Hall–Kier alpha value is -2.91. The molecule has 0 radical (unpaired) electrons. The van der Waals surface area contributed by atoms with Gasteiger partial charge >= 0.3 is 0 Å². The molecule has 5 nitrogen and oxygen atoms in total. The number of amidine groups is 1. The lowest BCUT2D eigenvalue weighted by Crippen LogP contribution is -3.00. The molecule has 0 spiro atoms. The van der Waals surface area contributed by atoms with E-state index in [2.05, 4.69) is 60.3 Å². The second-order valence-corrected chi connectivity index (χ2v) is 8.64. The summed E-state index contributed by atoms with van der Waals surface area (Å²) in [5.41, 5.74) is 6.19. The normalized spacial score (nSPS) is 14.0. The summed E-state index contributed by atoms with van der Waals surface area (Å²) in [6.07, 6.45) is 0. The van der Waals surface area contributed by atoms with Crippen LogP contribution in [-0.4, -0.2) is 20.1 Å². The summed E-state index contributed by atoms with van der Waals surface area (Å²) < 4.78 is 14.6. The van der Waals surface area contributed by atoms with Gasteiger partial charge in [-0.3, -0.25) is 0 Å². The Morgan fingerprint density at radius 1 is 0.939 bits per heavy atom. The number of rotatable bonds is 4. The Labute approximate surface area is 214 Å². The maximum absolute atomic E-state index is 5.59. The maximum atomic E-state index is 5.59. The van der Waals surface area contributed by atoms with Crippen molar-refractivity contribution in [2.45, 2.75) is 6.92 Å². The number of benzene rings is 3. The molecule has 0 amide bonds. The molecule has 7 heteroatoms. The second-order valence-electron chi connectivity index (χ2n) is 7.61. The van der Waals surface area contributed by atoms with Crippen molar-refractivity contribution in [2.24, 2.45) is 12.0 Å². The van der Waals surface area contributed by atoms with Crippen molar-refractivity contribution in [3.05, 3.63) is 82.9 Å². The van der Waals surface area contributed by atoms with Crippen LogP contribution in [0.15, 0.2) is 71.7 Å². The Bertz CT molecular complexity index is 1390. The van der Waals surface area contributed by atoms with Gasteiger partial charge in [0.1, 0.15) is 17.6 Å². The monoisotopic (exact) mass is 569 g/mol. The van der Waals surface area contributed by atoms with Crippen LogP contribution in [0.2, 0.25) is 0 Å². The number of anilines is 1. The number of aromatic nitrogens is 1. The van der Waals surface area contributed by atoms with Crippen LogP contribution in [0.4, 0.5) is 5.69 Å². The topological polar surface area (TPSA) is 46.7 Å².